The quantitative estimate of drug-likeness (QED) is 0.382. The molecule has 2 aliphatic rings. The minimum absolute atomic E-state index is 0.640. The van der Waals surface area contributed by atoms with Gasteiger partial charge in [0.05, 0.1) is 26.4 Å². The number of ether oxygens (including phenoxy) is 3. The van der Waals surface area contributed by atoms with Crippen molar-refractivity contribution < 1.29 is 23.8 Å². The topological polar surface area (TPSA) is 68.3 Å². The molecule has 7 heteroatoms. The highest BCUT2D eigenvalue weighted by atomic mass is 16.6. The van der Waals surface area contributed by atoms with Gasteiger partial charge >= 0.3 is 11.9 Å². The first-order chi connectivity index (χ1) is 11.2. The maximum atomic E-state index is 11.5. The molecule has 0 spiro atoms. The van der Waals surface area contributed by atoms with Crippen LogP contribution < -0.4 is 0 Å². The minimum atomic E-state index is -0.640. The van der Waals surface area contributed by atoms with E-state index in [1.807, 2.05) is 0 Å². The van der Waals surface area contributed by atoms with Crippen molar-refractivity contribution in [2.75, 3.05) is 65.7 Å². The molecule has 0 unspecified atom stereocenters. The van der Waals surface area contributed by atoms with Crippen molar-refractivity contribution in [3.05, 3.63) is 24.3 Å². The van der Waals surface area contributed by atoms with Gasteiger partial charge in [-0.2, -0.15) is 0 Å². The van der Waals surface area contributed by atoms with E-state index in [0.29, 0.717) is 39.5 Å². The molecule has 2 aliphatic heterocycles. The Labute approximate surface area is 136 Å². The first-order valence-electron chi connectivity index (χ1n) is 7.93. The first-order valence-corrected chi connectivity index (χ1v) is 7.93. The molecule has 0 radical (unpaired) electrons. The normalized spacial score (nSPS) is 21.0. The summed E-state index contributed by atoms with van der Waals surface area (Å²) in [6.07, 6.45) is 6.00. The summed E-state index contributed by atoms with van der Waals surface area (Å²) in [7, 11) is 0. The van der Waals surface area contributed by atoms with Gasteiger partial charge in [-0.1, -0.05) is 12.2 Å². The standard InChI is InChI=1S/C16H24N2O5/c19-15(3-1-5-17-7-11-21-12-8-17)23-16(20)4-2-6-18-9-13-22-14-10-18/h1-4H,5-14H2. The van der Waals surface area contributed by atoms with Gasteiger partial charge in [0, 0.05) is 51.4 Å². The Kier molecular flexibility index (Phi) is 7.96. The molecule has 7 nitrogen and oxygen atoms in total. The van der Waals surface area contributed by atoms with Crippen LogP contribution in [0.5, 0.6) is 0 Å². The Morgan fingerprint density at radius 1 is 0.783 bits per heavy atom. The fraction of sp³-hybridized carbons (Fsp3) is 0.625. The molecule has 0 amide bonds. The maximum absolute atomic E-state index is 11.5. The van der Waals surface area contributed by atoms with Crippen LogP contribution in [0.4, 0.5) is 0 Å². The van der Waals surface area contributed by atoms with Crippen molar-refractivity contribution in [1.29, 1.82) is 0 Å². The summed E-state index contributed by atoms with van der Waals surface area (Å²) in [6.45, 7) is 7.56. The van der Waals surface area contributed by atoms with Crippen LogP contribution in [-0.2, 0) is 23.8 Å². The van der Waals surface area contributed by atoms with Crippen LogP contribution in [0.1, 0.15) is 0 Å². The lowest BCUT2D eigenvalue weighted by Crippen LogP contribution is -2.36. The Hall–Kier alpha value is -1.54. The molecule has 2 rings (SSSR count). The maximum Gasteiger partial charge on any atom is 0.338 e. The van der Waals surface area contributed by atoms with E-state index in [1.54, 1.807) is 12.2 Å². The number of hydrogen-bond donors (Lipinski definition) is 0. The van der Waals surface area contributed by atoms with E-state index in [4.69, 9.17) is 14.2 Å². The Bertz CT molecular complexity index is 398. The van der Waals surface area contributed by atoms with Crippen LogP contribution in [0.3, 0.4) is 0 Å². The molecule has 0 aliphatic carbocycles. The number of hydrogen-bond acceptors (Lipinski definition) is 7. The monoisotopic (exact) mass is 324 g/mol. The molecular weight excluding hydrogens is 300 g/mol. The Balaban J connectivity index is 1.60. The zero-order valence-corrected chi connectivity index (χ0v) is 13.3. The largest absolute Gasteiger partial charge is 0.387 e. The van der Waals surface area contributed by atoms with E-state index >= 15 is 0 Å². The van der Waals surface area contributed by atoms with Crippen molar-refractivity contribution in [3.8, 4) is 0 Å². The molecule has 2 saturated heterocycles. The van der Waals surface area contributed by atoms with Crippen LogP contribution >= 0.6 is 0 Å². The van der Waals surface area contributed by atoms with Crippen LogP contribution in [0.2, 0.25) is 0 Å². The van der Waals surface area contributed by atoms with Crippen molar-refractivity contribution in [2.24, 2.45) is 0 Å². The van der Waals surface area contributed by atoms with Gasteiger partial charge in [-0.15, -0.1) is 0 Å². The summed E-state index contributed by atoms with van der Waals surface area (Å²) in [5, 5.41) is 0. The summed E-state index contributed by atoms with van der Waals surface area (Å²) in [4.78, 5) is 27.4. The molecule has 23 heavy (non-hydrogen) atoms. The van der Waals surface area contributed by atoms with Gasteiger partial charge in [-0.3, -0.25) is 9.80 Å². The number of carbonyl (C=O) groups is 2. The molecule has 0 atom stereocenters. The number of rotatable bonds is 6. The van der Waals surface area contributed by atoms with E-state index in [9.17, 15) is 9.59 Å². The lowest BCUT2D eigenvalue weighted by Gasteiger charge is -2.25. The van der Waals surface area contributed by atoms with Crippen molar-refractivity contribution in [2.45, 2.75) is 0 Å². The number of nitrogens with zero attached hydrogens (tertiary/aromatic N) is 2. The summed E-state index contributed by atoms with van der Waals surface area (Å²) < 4.78 is 15.2. The van der Waals surface area contributed by atoms with Gasteiger partial charge in [0.2, 0.25) is 0 Å². The molecule has 2 heterocycles. The zero-order valence-electron chi connectivity index (χ0n) is 13.3. The smallest absolute Gasteiger partial charge is 0.338 e. The zero-order chi connectivity index (χ0) is 16.3. The molecule has 2 fully saturated rings. The third kappa shape index (κ3) is 7.51. The Morgan fingerprint density at radius 3 is 1.57 bits per heavy atom. The minimum Gasteiger partial charge on any atom is -0.387 e. The van der Waals surface area contributed by atoms with Gasteiger partial charge in [0.15, 0.2) is 0 Å². The molecule has 0 aromatic heterocycles. The van der Waals surface area contributed by atoms with Crippen molar-refractivity contribution in [3.63, 3.8) is 0 Å². The molecule has 0 bridgehead atoms. The van der Waals surface area contributed by atoms with Crippen molar-refractivity contribution in [1.82, 2.24) is 9.80 Å². The van der Waals surface area contributed by atoms with E-state index in [0.717, 1.165) is 26.2 Å². The second-order valence-corrected chi connectivity index (χ2v) is 5.37. The van der Waals surface area contributed by atoms with E-state index in [2.05, 4.69) is 9.80 Å². The highest BCUT2D eigenvalue weighted by Crippen LogP contribution is 1.98. The highest BCUT2D eigenvalue weighted by Gasteiger charge is 2.10. The predicted octanol–water partition coefficient (Wildman–Crippen LogP) is -0.167. The fourth-order valence-electron chi connectivity index (χ4n) is 2.33. The van der Waals surface area contributed by atoms with Crippen LogP contribution in [0, 0.1) is 0 Å². The Morgan fingerprint density at radius 2 is 1.17 bits per heavy atom. The highest BCUT2D eigenvalue weighted by molar-refractivity contribution is 5.96. The third-order valence-corrected chi connectivity index (χ3v) is 3.64. The van der Waals surface area contributed by atoms with Gasteiger partial charge in [-0.25, -0.2) is 9.59 Å². The molecule has 0 aromatic rings. The summed E-state index contributed by atoms with van der Waals surface area (Å²) in [5.74, 6) is -1.28. The van der Waals surface area contributed by atoms with E-state index in [1.165, 1.54) is 12.2 Å². The molecule has 0 N–H and O–H groups in total. The summed E-state index contributed by atoms with van der Waals surface area (Å²) in [5.41, 5.74) is 0. The molecule has 128 valence electrons. The molecule has 0 saturated carbocycles. The lowest BCUT2D eigenvalue weighted by molar-refractivity contribution is -0.152. The van der Waals surface area contributed by atoms with Gasteiger partial charge < -0.3 is 14.2 Å². The van der Waals surface area contributed by atoms with Crippen LogP contribution in [0.15, 0.2) is 24.3 Å². The summed E-state index contributed by atoms with van der Waals surface area (Å²) in [6, 6.07) is 0. The molecule has 0 aromatic carbocycles. The second kappa shape index (κ2) is 10.3. The molecular formula is C16H24N2O5. The second-order valence-electron chi connectivity index (χ2n) is 5.37. The number of carbonyl (C=O) groups excluding carboxylic acids is 2. The van der Waals surface area contributed by atoms with Crippen molar-refractivity contribution >= 4 is 11.9 Å². The number of esters is 2. The van der Waals surface area contributed by atoms with Crippen LogP contribution in [0.25, 0.3) is 0 Å². The average molecular weight is 324 g/mol. The van der Waals surface area contributed by atoms with Crippen LogP contribution in [-0.4, -0.2) is 87.4 Å². The third-order valence-electron chi connectivity index (χ3n) is 3.64. The van der Waals surface area contributed by atoms with E-state index in [-0.39, 0.29) is 0 Å². The van der Waals surface area contributed by atoms with Gasteiger partial charge in [0.25, 0.3) is 0 Å². The predicted molar refractivity (Wildman–Crippen MR) is 83.9 cm³/mol. The summed E-state index contributed by atoms with van der Waals surface area (Å²) >= 11 is 0. The van der Waals surface area contributed by atoms with Gasteiger partial charge in [-0.05, 0) is 0 Å². The SMILES string of the molecule is O=C(C=CCN1CCOCC1)OC(=O)C=CCN1CCOCC1. The lowest BCUT2D eigenvalue weighted by atomic mass is 10.4. The number of morpholine rings is 2. The first kappa shape index (κ1) is 17.8. The van der Waals surface area contributed by atoms with E-state index < -0.39 is 11.9 Å². The van der Waals surface area contributed by atoms with Gasteiger partial charge in [0.1, 0.15) is 0 Å². The fourth-order valence-corrected chi connectivity index (χ4v) is 2.33. The average Bonchev–Trinajstić information content (AvgIpc) is 2.57.